The molecule has 0 spiro atoms. The number of fused-ring (bicyclic) bond motifs is 1. The summed E-state index contributed by atoms with van der Waals surface area (Å²) < 4.78 is 27.7. The smallest absolute Gasteiger partial charge is 0.335 e. The fraction of sp³-hybridized carbons (Fsp3) is 0.258. The molecule has 42 heavy (non-hydrogen) atoms. The standard InChI is InChI=1S/C31H33N3O7S/c1-31(2,18-21-11-12-22-7-4-5-8-23(22)15-21)32-19-26(35)20-33(3)42(40,41)27-10-6-9-24(16-27)28-14-13-25(30(36)37)17-29(28)34(38)39/h4-17,26,32,35H,18-20H2,1-3H3,(H,36,37). The van der Waals surface area contributed by atoms with Crippen LogP contribution in [0.3, 0.4) is 0 Å². The van der Waals surface area contributed by atoms with Crippen molar-refractivity contribution in [1.82, 2.24) is 9.62 Å². The number of likely N-dealkylation sites (N-methyl/N-ethyl adjacent to an activating group) is 1. The number of carboxylic acid groups (broad SMARTS) is 1. The summed E-state index contributed by atoms with van der Waals surface area (Å²) in [5, 5.41) is 37.2. The Morgan fingerprint density at radius 3 is 2.40 bits per heavy atom. The Kier molecular flexibility index (Phi) is 9.07. The van der Waals surface area contributed by atoms with Crippen molar-refractivity contribution in [2.45, 2.75) is 36.8 Å². The summed E-state index contributed by atoms with van der Waals surface area (Å²) in [5.41, 5.74) is 0.384. The Hall–Kier alpha value is -4.16. The number of hydrogen-bond acceptors (Lipinski definition) is 7. The number of β-amino-alcohol motifs (C(OH)–C–C–N with tert-alkyl or cyclic N) is 1. The number of aliphatic hydroxyl groups excluding tert-OH is 1. The van der Waals surface area contributed by atoms with E-state index in [0.717, 1.165) is 26.7 Å². The predicted molar refractivity (Wildman–Crippen MR) is 161 cm³/mol. The zero-order valence-electron chi connectivity index (χ0n) is 23.5. The molecule has 0 aliphatic carbocycles. The van der Waals surface area contributed by atoms with Crippen LogP contribution >= 0.6 is 0 Å². The van der Waals surface area contributed by atoms with Crippen LogP contribution in [0.4, 0.5) is 5.69 Å². The third-order valence-electron chi connectivity index (χ3n) is 7.04. The van der Waals surface area contributed by atoms with Gasteiger partial charge in [-0.3, -0.25) is 10.1 Å². The first-order valence-electron chi connectivity index (χ1n) is 13.3. The van der Waals surface area contributed by atoms with Gasteiger partial charge in [-0.05, 0) is 66.4 Å². The van der Waals surface area contributed by atoms with Crippen molar-refractivity contribution in [2.24, 2.45) is 0 Å². The van der Waals surface area contributed by atoms with Crippen LogP contribution < -0.4 is 5.32 Å². The second-order valence-electron chi connectivity index (χ2n) is 10.9. The molecule has 10 nitrogen and oxygen atoms in total. The van der Waals surface area contributed by atoms with Gasteiger partial charge in [0.25, 0.3) is 5.69 Å². The van der Waals surface area contributed by atoms with Crippen molar-refractivity contribution in [2.75, 3.05) is 20.1 Å². The molecule has 0 saturated heterocycles. The molecule has 0 fully saturated rings. The van der Waals surface area contributed by atoms with Crippen LogP contribution in [0, 0.1) is 10.1 Å². The van der Waals surface area contributed by atoms with Gasteiger partial charge in [0.15, 0.2) is 0 Å². The maximum atomic E-state index is 13.3. The highest BCUT2D eigenvalue weighted by atomic mass is 32.2. The lowest BCUT2D eigenvalue weighted by Gasteiger charge is -2.29. The van der Waals surface area contributed by atoms with Gasteiger partial charge in [-0.2, -0.15) is 4.31 Å². The molecule has 0 saturated carbocycles. The van der Waals surface area contributed by atoms with Crippen molar-refractivity contribution in [1.29, 1.82) is 0 Å². The number of sulfonamides is 1. The van der Waals surface area contributed by atoms with Gasteiger partial charge >= 0.3 is 5.97 Å². The third-order valence-corrected chi connectivity index (χ3v) is 8.86. The quantitative estimate of drug-likeness (QED) is 0.158. The van der Waals surface area contributed by atoms with Crippen molar-refractivity contribution in [3.05, 3.63) is 106 Å². The first-order chi connectivity index (χ1) is 19.8. The van der Waals surface area contributed by atoms with Crippen molar-refractivity contribution >= 4 is 32.5 Å². The van der Waals surface area contributed by atoms with E-state index in [9.17, 15) is 33.5 Å². The SMILES string of the molecule is CN(CC(O)CNC(C)(C)Cc1ccc2ccccc2c1)S(=O)(=O)c1cccc(-c2ccc(C(=O)O)cc2[N+](=O)[O-])c1. The first-order valence-corrected chi connectivity index (χ1v) is 14.7. The Morgan fingerprint density at radius 1 is 1.00 bits per heavy atom. The first kappa shape index (κ1) is 30.8. The minimum absolute atomic E-state index is 0.0857. The molecule has 0 amide bonds. The number of carbonyl (C=O) groups is 1. The minimum Gasteiger partial charge on any atom is -0.478 e. The third kappa shape index (κ3) is 7.18. The van der Waals surface area contributed by atoms with E-state index in [2.05, 4.69) is 35.6 Å². The zero-order valence-corrected chi connectivity index (χ0v) is 24.3. The number of nitrogens with zero attached hydrogens (tertiary/aromatic N) is 2. The fourth-order valence-electron chi connectivity index (χ4n) is 4.84. The van der Waals surface area contributed by atoms with E-state index in [-0.39, 0.29) is 40.2 Å². The van der Waals surface area contributed by atoms with E-state index in [1.807, 2.05) is 26.0 Å². The Morgan fingerprint density at radius 2 is 1.71 bits per heavy atom. The van der Waals surface area contributed by atoms with Crippen LogP contribution in [-0.2, 0) is 16.4 Å². The van der Waals surface area contributed by atoms with Crippen LogP contribution in [0.5, 0.6) is 0 Å². The molecule has 4 aromatic carbocycles. The molecule has 0 aromatic heterocycles. The maximum Gasteiger partial charge on any atom is 0.335 e. The highest BCUT2D eigenvalue weighted by Gasteiger charge is 2.26. The highest BCUT2D eigenvalue weighted by Crippen LogP contribution is 2.32. The van der Waals surface area contributed by atoms with Gasteiger partial charge in [-0.15, -0.1) is 0 Å². The van der Waals surface area contributed by atoms with E-state index < -0.39 is 32.7 Å². The molecule has 11 heteroatoms. The molecule has 0 aliphatic rings. The normalized spacial score (nSPS) is 12.9. The number of nitro benzene ring substituents is 1. The number of hydrogen-bond donors (Lipinski definition) is 3. The van der Waals surface area contributed by atoms with Crippen LogP contribution in [0.25, 0.3) is 21.9 Å². The summed E-state index contributed by atoms with van der Waals surface area (Å²) in [6, 6.07) is 23.5. The average Bonchev–Trinajstić information content (AvgIpc) is 2.95. The molecule has 0 radical (unpaired) electrons. The predicted octanol–water partition coefficient (Wildman–Crippen LogP) is 4.71. The molecule has 0 bridgehead atoms. The van der Waals surface area contributed by atoms with E-state index in [0.29, 0.717) is 6.42 Å². The molecule has 4 aromatic rings. The molecule has 3 N–H and O–H groups in total. The van der Waals surface area contributed by atoms with Crippen molar-refractivity contribution in [3.8, 4) is 11.1 Å². The topological polar surface area (TPSA) is 150 Å². The summed E-state index contributed by atoms with van der Waals surface area (Å²) in [7, 11) is -2.70. The molecule has 1 unspecified atom stereocenters. The van der Waals surface area contributed by atoms with Crippen molar-refractivity contribution in [3.63, 3.8) is 0 Å². The lowest BCUT2D eigenvalue weighted by atomic mass is 9.93. The Labute approximate surface area is 244 Å². The molecular weight excluding hydrogens is 558 g/mol. The van der Waals surface area contributed by atoms with Crippen LogP contribution in [0.15, 0.2) is 89.8 Å². The second-order valence-corrected chi connectivity index (χ2v) is 12.9. The summed E-state index contributed by atoms with van der Waals surface area (Å²) in [5.74, 6) is -1.31. The summed E-state index contributed by atoms with van der Waals surface area (Å²) in [6.45, 7) is 4.01. The fourth-order valence-corrected chi connectivity index (χ4v) is 6.09. The largest absolute Gasteiger partial charge is 0.478 e. The van der Waals surface area contributed by atoms with Gasteiger partial charge in [0, 0.05) is 31.7 Å². The van der Waals surface area contributed by atoms with E-state index in [1.54, 1.807) is 0 Å². The molecule has 4 rings (SSSR count). The Bertz CT molecular complexity index is 1740. The molecular formula is C31H33N3O7S. The van der Waals surface area contributed by atoms with E-state index in [4.69, 9.17) is 0 Å². The molecule has 220 valence electrons. The van der Waals surface area contributed by atoms with Crippen molar-refractivity contribution < 1.29 is 28.3 Å². The molecule has 0 aliphatic heterocycles. The van der Waals surface area contributed by atoms with Crippen LogP contribution in [-0.4, -0.2) is 65.6 Å². The summed E-state index contributed by atoms with van der Waals surface area (Å²) >= 11 is 0. The van der Waals surface area contributed by atoms with Gasteiger partial charge in [0.1, 0.15) is 0 Å². The van der Waals surface area contributed by atoms with Gasteiger partial charge in [-0.25, -0.2) is 13.2 Å². The monoisotopic (exact) mass is 591 g/mol. The van der Waals surface area contributed by atoms with Gasteiger partial charge in [0.2, 0.25) is 10.0 Å². The summed E-state index contributed by atoms with van der Waals surface area (Å²) in [4.78, 5) is 22.1. The number of nitrogens with one attached hydrogen (secondary N) is 1. The van der Waals surface area contributed by atoms with Gasteiger partial charge in [0.05, 0.1) is 27.0 Å². The van der Waals surface area contributed by atoms with Gasteiger partial charge < -0.3 is 15.5 Å². The number of carboxylic acids is 1. The number of aromatic carboxylic acids is 1. The Balaban J connectivity index is 1.43. The van der Waals surface area contributed by atoms with Crippen LogP contribution in [0.2, 0.25) is 0 Å². The minimum atomic E-state index is -4.06. The van der Waals surface area contributed by atoms with E-state index in [1.165, 1.54) is 43.4 Å². The average molecular weight is 592 g/mol. The van der Waals surface area contributed by atoms with E-state index >= 15 is 0 Å². The van der Waals surface area contributed by atoms with Crippen LogP contribution in [0.1, 0.15) is 29.8 Å². The molecule has 1 atom stereocenters. The van der Waals surface area contributed by atoms with Gasteiger partial charge in [-0.1, -0.05) is 54.6 Å². The molecule has 0 heterocycles. The number of benzene rings is 4. The lowest BCUT2D eigenvalue weighted by molar-refractivity contribution is -0.384. The highest BCUT2D eigenvalue weighted by molar-refractivity contribution is 7.89. The number of rotatable bonds is 12. The summed E-state index contributed by atoms with van der Waals surface area (Å²) in [6.07, 6.45) is -0.307. The second kappa shape index (κ2) is 12.4. The lowest BCUT2D eigenvalue weighted by Crippen LogP contribution is -2.47. The zero-order chi connectivity index (χ0) is 30.7. The number of aliphatic hydroxyl groups is 1. The maximum absolute atomic E-state index is 13.3. The number of nitro groups is 1.